The van der Waals surface area contributed by atoms with Crippen LogP contribution in [0.3, 0.4) is 0 Å². The molecule has 8 nitrogen and oxygen atoms in total. The van der Waals surface area contributed by atoms with Crippen LogP contribution in [0.2, 0.25) is 5.02 Å². The van der Waals surface area contributed by atoms with E-state index in [4.69, 9.17) is 21.1 Å². The molecule has 2 amide bonds. The zero-order valence-electron chi connectivity index (χ0n) is 14.4. The number of fused-ring (bicyclic) bond motifs is 1. The number of anilines is 1. The van der Waals surface area contributed by atoms with Crippen molar-refractivity contribution in [3.05, 3.63) is 47.0 Å². The topological polar surface area (TPSA) is 102 Å². The van der Waals surface area contributed by atoms with Crippen molar-refractivity contribution in [2.45, 2.75) is 4.90 Å². The maximum absolute atomic E-state index is 12.7. The summed E-state index contributed by atoms with van der Waals surface area (Å²) in [4.78, 5) is 24.6. The number of ether oxygens (including phenoxy) is 2. The Morgan fingerprint density at radius 2 is 1.81 bits per heavy atom. The van der Waals surface area contributed by atoms with Gasteiger partial charge in [0.1, 0.15) is 11.4 Å². The molecule has 0 fully saturated rings. The predicted molar refractivity (Wildman–Crippen MR) is 97.9 cm³/mol. The summed E-state index contributed by atoms with van der Waals surface area (Å²) in [6.45, 7) is -0.674. The minimum absolute atomic E-state index is 0.0804. The van der Waals surface area contributed by atoms with Gasteiger partial charge >= 0.3 is 0 Å². The molecule has 1 aliphatic heterocycles. The first-order valence-corrected chi connectivity index (χ1v) is 9.48. The van der Waals surface area contributed by atoms with Gasteiger partial charge in [-0.15, -0.1) is 0 Å². The van der Waals surface area contributed by atoms with Gasteiger partial charge in [-0.25, -0.2) is 12.7 Å². The first kappa shape index (κ1) is 19.0. The van der Waals surface area contributed by atoms with E-state index in [-0.39, 0.29) is 22.0 Å². The van der Waals surface area contributed by atoms with Crippen LogP contribution in [-0.2, 0) is 14.8 Å². The molecular formula is C17H15ClN2O6S. The third-order valence-electron chi connectivity index (χ3n) is 3.91. The summed E-state index contributed by atoms with van der Waals surface area (Å²) in [7, 11) is -1.47. The fraction of sp³-hybridized carbons (Fsp3) is 0.176. The number of benzene rings is 2. The van der Waals surface area contributed by atoms with E-state index < -0.39 is 28.4 Å². The molecule has 0 bridgehead atoms. The highest BCUT2D eigenvalue weighted by atomic mass is 35.5. The summed E-state index contributed by atoms with van der Waals surface area (Å²) in [5, 5.41) is 2.92. The van der Waals surface area contributed by atoms with Gasteiger partial charge in [-0.1, -0.05) is 17.7 Å². The van der Waals surface area contributed by atoms with Crippen molar-refractivity contribution < 1.29 is 27.5 Å². The van der Waals surface area contributed by atoms with Crippen LogP contribution in [-0.4, -0.2) is 45.3 Å². The molecule has 1 aliphatic rings. The molecule has 0 spiro atoms. The number of rotatable bonds is 5. The largest absolute Gasteiger partial charge is 0.493 e. The van der Waals surface area contributed by atoms with Gasteiger partial charge in [-0.05, 0) is 24.3 Å². The van der Waals surface area contributed by atoms with Crippen molar-refractivity contribution in [3.63, 3.8) is 0 Å². The normalized spacial score (nSPS) is 14.6. The average molecular weight is 411 g/mol. The minimum atomic E-state index is -4.19. The van der Waals surface area contributed by atoms with Crippen LogP contribution in [0.15, 0.2) is 41.3 Å². The second kappa shape index (κ2) is 7.09. The monoisotopic (exact) mass is 410 g/mol. The van der Waals surface area contributed by atoms with Crippen molar-refractivity contribution in [2.24, 2.45) is 0 Å². The number of hydrogen-bond acceptors (Lipinski definition) is 6. The Hall–Kier alpha value is -2.78. The van der Waals surface area contributed by atoms with Gasteiger partial charge in [0.25, 0.3) is 15.9 Å². The maximum Gasteiger partial charge on any atom is 0.269 e. The zero-order chi connectivity index (χ0) is 19.8. The van der Waals surface area contributed by atoms with Crippen molar-refractivity contribution >= 4 is 39.1 Å². The quantitative estimate of drug-likeness (QED) is 0.810. The molecular weight excluding hydrogens is 396 g/mol. The molecule has 0 unspecified atom stereocenters. The Bertz CT molecular complexity index is 1040. The first-order valence-electron chi connectivity index (χ1n) is 7.66. The molecule has 10 heteroatoms. The van der Waals surface area contributed by atoms with Crippen molar-refractivity contribution in [1.29, 1.82) is 0 Å². The standard InChI is InChI=1S/C17H15ClN2O6S/c1-25-13-7-12-15(8-14(13)26-2)27(23,24)20(17(12)22)9-16(21)19-11-5-3-4-10(18)6-11/h3-8H,9H2,1-2H3,(H,19,21). The molecule has 0 saturated heterocycles. The molecule has 142 valence electrons. The Morgan fingerprint density at radius 3 is 2.44 bits per heavy atom. The molecule has 0 aromatic heterocycles. The lowest BCUT2D eigenvalue weighted by molar-refractivity contribution is -0.116. The van der Waals surface area contributed by atoms with Gasteiger partial charge in [-0.2, -0.15) is 0 Å². The minimum Gasteiger partial charge on any atom is -0.493 e. The number of methoxy groups -OCH3 is 2. The van der Waals surface area contributed by atoms with Gasteiger partial charge in [0.05, 0.1) is 19.8 Å². The molecule has 0 saturated carbocycles. The van der Waals surface area contributed by atoms with Gasteiger partial charge in [0, 0.05) is 16.8 Å². The van der Waals surface area contributed by atoms with Crippen molar-refractivity contribution in [3.8, 4) is 11.5 Å². The molecule has 2 aromatic carbocycles. The van der Waals surface area contributed by atoms with E-state index in [1.807, 2.05) is 0 Å². The summed E-state index contributed by atoms with van der Waals surface area (Å²) in [6, 6.07) is 8.84. The van der Waals surface area contributed by atoms with Crippen LogP contribution in [0.5, 0.6) is 11.5 Å². The van der Waals surface area contributed by atoms with E-state index >= 15 is 0 Å². The molecule has 1 heterocycles. The van der Waals surface area contributed by atoms with Crippen LogP contribution >= 0.6 is 11.6 Å². The molecule has 0 radical (unpaired) electrons. The third kappa shape index (κ3) is 3.43. The molecule has 0 atom stereocenters. The summed E-state index contributed by atoms with van der Waals surface area (Å²) in [5.74, 6) is -1.11. The molecule has 2 aromatic rings. The van der Waals surface area contributed by atoms with Crippen LogP contribution in [0, 0.1) is 0 Å². The second-order valence-corrected chi connectivity index (χ2v) is 7.85. The smallest absolute Gasteiger partial charge is 0.269 e. The van der Waals surface area contributed by atoms with E-state index in [1.165, 1.54) is 32.4 Å². The lowest BCUT2D eigenvalue weighted by Gasteiger charge is -2.14. The number of amides is 2. The maximum atomic E-state index is 12.7. The first-order chi connectivity index (χ1) is 12.8. The highest BCUT2D eigenvalue weighted by Crippen LogP contribution is 2.38. The van der Waals surface area contributed by atoms with Crippen LogP contribution in [0.25, 0.3) is 0 Å². The lowest BCUT2D eigenvalue weighted by atomic mass is 10.2. The van der Waals surface area contributed by atoms with Crippen molar-refractivity contribution in [1.82, 2.24) is 4.31 Å². The summed E-state index contributed by atoms with van der Waals surface area (Å²) < 4.78 is 36.1. The highest BCUT2D eigenvalue weighted by Gasteiger charge is 2.43. The lowest BCUT2D eigenvalue weighted by Crippen LogP contribution is -2.37. The van der Waals surface area contributed by atoms with Crippen LogP contribution in [0.1, 0.15) is 10.4 Å². The number of carbonyl (C=O) groups is 2. The Balaban J connectivity index is 1.89. The summed E-state index contributed by atoms with van der Waals surface area (Å²) in [5.41, 5.74) is 0.306. The van der Waals surface area contributed by atoms with E-state index in [0.29, 0.717) is 15.0 Å². The van der Waals surface area contributed by atoms with Gasteiger partial charge < -0.3 is 14.8 Å². The van der Waals surface area contributed by atoms with E-state index in [0.717, 1.165) is 0 Å². The molecule has 27 heavy (non-hydrogen) atoms. The summed E-state index contributed by atoms with van der Waals surface area (Å²) in [6.07, 6.45) is 0. The number of sulfonamides is 1. The number of nitrogens with one attached hydrogen (secondary N) is 1. The second-order valence-electron chi connectivity index (χ2n) is 5.58. The SMILES string of the molecule is COc1cc2c(cc1OC)S(=O)(=O)N(CC(=O)Nc1cccc(Cl)c1)C2=O. The van der Waals surface area contributed by atoms with E-state index in [9.17, 15) is 18.0 Å². The summed E-state index contributed by atoms with van der Waals surface area (Å²) >= 11 is 5.85. The van der Waals surface area contributed by atoms with E-state index in [1.54, 1.807) is 18.2 Å². The van der Waals surface area contributed by atoms with Crippen molar-refractivity contribution in [2.75, 3.05) is 26.1 Å². The number of hydrogen-bond donors (Lipinski definition) is 1. The number of carbonyl (C=O) groups excluding carboxylic acids is 2. The molecule has 1 N–H and O–H groups in total. The molecule has 3 rings (SSSR count). The number of halogens is 1. The van der Waals surface area contributed by atoms with Gasteiger partial charge in [0.15, 0.2) is 11.5 Å². The zero-order valence-corrected chi connectivity index (χ0v) is 15.9. The molecule has 0 aliphatic carbocycles. The Labute approximate surface area is 160 Å². The Morgan fingerprint density at radius 1 is 1.15 bits per heavy atom. The van der Waals surface area contributed by atoms with E-state index in [2.05, 4.69) is 5.32 Å². The van der Waals surface area contributed by atoms with Crippen LogP contribution in [0.4, 0.5) is 5.69 Å². The fourth-order valence-electron chi connectivity index (χ4n) is 2.66. The fourth-order valence-corrected chi connectivity index (χ4v) is 4.37. The van der Waals surface area contributed by atoms with Crippen LogP contribution < -0.4 is 14.8 Å². The highest BCUT2D eigenvalue weighted by molar-refractivity contribution is 7.90. The van der Waals surface area contributed by atoms with Gasteiger partial charge in [-0.3, -0.25) is 9.59 Å². The average Bonchev–Trinajstić information content (AvgIpc) is 2.81. The van der Waals surface area contributed by atoms with Gasteiger partial charge in [0.2, 0.25) is 5.91 Å². The third-order valence-corrected chi connectivity index (χ3v) is 5.91. The predicted octanol–water partition coefficient (Wildman–Crippen LogP) is 2.14. The number of nitrogens with zero attached hydrogens (tertiary/aromatic N) is 1. The Kier molecular flexibility index (Phi) is 4.99.